The van der Waals surface area contributed by atoms with Crippen LogP contribution in [0.25, 0.3) is 6.08 Å². The van der Waals surface area contributed by atoms with Gasteiger partial charge in [0.2, 0.25) is 0 Å². The van der Waals surface area contributed by atoms with Gasteiger partial charge < -0.3 is 4.90 Å². The minimum atomic E-state index is 0.0853. The molecule has 1 heterocycles. The van der Waals surface area contributed by atoms with E-state index in [-0.39, 0.29) is 5.57 Å². The van der Waals surface area contributed by atoms with E-state index < -0.39 is 0 Å². The molecule has 0 radical (unpaired) electrons. The Bertz CT molecular complexity index is 749. The standard InChI is InChI=1S/C19H15N3/c1-2-13-22-18(9-5-3-7-16(14-20)15-21)12-11-17-8-4-6-10-19(17)22/h2-12H,1,13H2/b5-3+,18-9+. The molecule has 0 saturated heterocycles. The molecule has 1 aromatic rings. The quantitative estimate of drug-likeness (QED) is 0.475. The fraction of sp³-hybridized carbons (Fsp3) is 0.0526. The molecule has 0 atom stereocenters. The van der Waals surface area contributed by atoms with Crippen molar-refractivity contribution in [3.8, 4) is 12.1 Å². The molecule has 0 aromatic heterocycles. The van der Waals surface area contributed by atoms with Gasteiger partial charge in [-0.1, -0.05) is 42.5 Å². The average Bonchev–Trinajstić information content (AvgIpc) is 2.56. The number of hydrogen-bond acceptors (Lipinski definition) is 3. The summed E-state index contributed by atoms with van der Waals surface area (Å²) in [6.45, 7) is 4.52. The Morgan fingerprint density at radius 1 is 1.14 bits per heavy atom. The average molecular weight is 285 g/mol. The predicted octanol–water partition coefficient (Wildman–Crippen LogP) is 4.12. The molecule has 0 amide bonds. The summed E-state index contributed by atoms with van der Waals surface area (Å²) in [6, 6.07) is 11.8. The maximum absolute atomic E-state index is 8.67. The van der Waals surface area contributed by atoms with Crippen LogP contribution in [0.3, 0.4) is 0 Å². The van der Waals surface area contributed by atoms with Crippen LogP contribution in [0.5, 0.6) is 0 Å². The number of rotatable bonds is 4. The van der Waals surface area contributed by atoms with Gasteiger partial charge in [-0.3, -0.25) is 0 Å². The maximum atomic E-state index is 8.67. The third-order valence-electron chi connectivity index (χ3n) is 3.17. The Labute approximate surface area is 130 Å². The van der Waals surface area contributed by atoms with Crippen LogP contribution in [-0.2, 0) is 0 Å². The lowest BCUT2D eigenvalue weighted by molar-refractivity contribution is 1.03. The van der Waals surface area contributed by atoms with Crippen molar-refractivity contribution in [2.75, 3.05) is 11.4 Å². The van der Waals surface area contributed by atoms with Crippen molar-refractivity contribution in [2.45, 2.75) is 0 Å². The molecule has 0 bridgehead atoms. The second kappa shape index (κ2) is 7.47. The second-order valence-electron chi connectivity index (χ2n) is 4.57. The molecule has 0 N–H and O–H groups in total. The van der Waals surface area contributed by atoms with Gasteiger partial charge in [-0.05, 0) is 29.9 Å². The number of allylic oxidation sites excluding steroid dienone is 6. The molecule has 106 valence electrons. The summed E-state index contributed by atoms with van der Waals surface area (Å²) in [6.07, 6.45) is 12.9. The summed E-state index contributed by atoms with van der Waals surface area (Å²) in [4.78, 5) is 2.16. The zero-order valence-corrected chi connectivity index (χ0v) is 12.1. The molecular weight excluding hydrogens is 270 g/mol. The second-order valence-corrected chi connectivity index (χ2v) is 4.57. The van der Waals surface area contributed by atoms with E-state index in [1.54, 1.807) is 6.08 Å². The Morgan fingerprint density at radius 3 is 2.64 bits per heavy atom. The van der Waals surface area contributed by atoms with Gasteiger partial charge >= 0.3 is 0 Å². The summed E-state index contributed by atoms with van der Waals surface area (Å²) in [5, 5.41) is 17.3. The molecule has 0 unspecified atom stereocenters. The summed E-state index contributed by atoms with van der Waals surface area (Å²) < 4.78 is 0. The van der Waals surface area contributed by atoms with Gasteiger partial charge in [0.25, 0.3) is 0 Å². The lowest BCUT2D eigenvalue weighted by Crippen LogP contribution is -2.24. The Hall–Kier alpha value is -3.30. The van der Waals surface area contributed by atoms with Gasteiger partial charge in [-0.2, -0.15) is 10.5 Å². The van der Waals surface area contributed by atoms with E-state index in [1.807, 2.05) is 48.6 Å². The third kappa shape index (κ3) is 3.42. The van der Waals surface area contributed by atoms with Gasteiger partial charge in [0.15, 0.2) is 0 Å². The number of benzene rings is 1. The maximum Gasteiger partial charge on any atom is 0.129 e. The molecule has 1 aromatic carbocycles. The molecule has 3 nitrogen and oxygen atoms in total. The van der Waals surface area contributed by atoms with Crippen molar-refractivity contribution in [3.05, 3.63) is 84.1 Å². The number of hydrogen-bond donors (Lipinski definition) is 0. The Morgan fingerprint density at radius 2 is 1.91 bits per heavy atom. The first kappa shape index (κ1) is 15.1. The Balaban J connectivity index is 2.28. The van der Waals surface area contributed by atoms with E-state index in [2.05, 4.69) is 29.7 Å². The van der Waals surface area contributed by atoms with Gasteiger partial charge in [0, 0.05) is 17.9 Å². The Kier molecular flexibility index (Phi) is 5.13. The van der Waals surface area contributed by atoms with Crippen LogP contribution in [-0.4, -0.2) is 6.54 Å². The molecule has 1 aliphatic rings. The van der Waals surface area contributed by atoms with E-state index >= 15 is 0 Å². The highest BCUT2D eigenvalue weighted by molar-refractivity contribution is 5.76. The van der Waals surface area contributed by atoms with E-state index in [0.29, 0.717) is 6.54 Å². The van der Waals surface area contributed by atoms with E-state index in [4.69, 9.17) is 10.5 Å². The smallest absolute Gasteiger partial charge is 0.129 e. The zero-order chi connectivity index (χ0) is 15.8. The first-order valence-electron chi connectivity index (χ1n) is 6.84. The predicted molar refractivity (Wildman–Crippen MR) is 89.6 cm³/mol. The lowest BCUT2D eigenvalue weighted by atomic mass is 10.1. The van der Waals surface area contributed by atoms with Crippen LogP contribution in [0, 0.1) is 22.7 Å². The van der Waals surface area contributed by atoms with Crippen LogP contribution < -0.4 is 4.90 Å². The summed E-state index contributed by atoms with van der Waals surface area (Å²) >= 11 is 0. The van der Waals surface area contributed by atoms with Gasteiger partial charge in [0.05, 0.1) is 0 Å². The number of nitrogens with zero attached hydrogens (tertiary/aromatic N) is 3. The number of nitriles is 2. The third-order valence-corrected chi connectivity index (χ3v) is 3.17. The largest absolute Gasteiger partial charge is 0.337 e. The van der Waals surface area contributed by atoms with Crippen LogP contribution >= 0.6 is 0 Å². The number of para-hydroxylation sites is 1. The molecule has 0 spiro atoms. The lowest BCUT2D eigenvalue weighted by Gasteiger charge is -2.29. The van der Waals surface area contributed by atoms with Crippen molar-refractivity contribution in [1.82, 2.24) is 0 Å². The zero-order valence-electron chi connectivity index (χ0n) is 12.1. The van der Waals surface area contributed by atoms with Crippen LogP contribution in [0.4, 0.5) is 5.69 Å². The van der Waals surface area contributed by atoms with Gasteiger partial charge in [0.1, 0.15) is 17.7 Å². The summed E-state index contributed by atoms with van der Waals surface area (Å²) in [7, 11) is 0. The molecule has 1 aliphatic heterocycles. The molecule has 2 rings (SSSR count). The van der Waals surface area contributed by atoms with Crippen molar-refractivity contribution in [2.24, 2.45) is 0 Å². The van der Waals surface area contributed by atoms with Crippen LogP contribution in [0.15, 0.2) is 78.6 Å². The van der Waals surface area contributed by atoms with Crippen molar-refractivity contribution >= 4 is 11.8 Å². The summed E-state index contributed by atoms with van der Waals surface area (Å²) in [5.41, 5.74) is 3.41. The van der Waals surface area contributed by atoms with E-state index in [0.717, 1.165) is 11.4 Å². The normalized spacial score (nSPS) is 14.3. The van der Waals surface area contributed by atoms with Crippen LogP contribution in [0.2, 0.25) is 0 Å². The SMILES string of the molecule is C=CCN1/C(=C/C=C/C=C(C#N)C#N)C=Cc2ccccc21. The van der Waals surface area contributed by atoms with Crippen molar-refractivity contribution in [1.29, 1.82) is 10.5 Å². The van der Waals surface area contributed by atoms with Crippen molar-refractivity contribution in [3.63, 3.8) is 0 Å². The van der Waals surface area contributed by atoms with Crippen molar-refractivity contribution < 1.29 is 0 Å². The first-order chi connectivity index (χ1) is 10.8. The topological polar surface area (TPSA) is 50.8 Å². The number of fused-ring (bicyclic) bond motifs is 1. The molecule has 0 saturated carbocycles. The molecule has 0 fully saturated rings. The molecular formula is C19H15N3. The monoisotopic (exact) mass is 285 g/mol. The molecule has 22 heavy (non-hydrogen) atoms. The fourth-order valence-electron chi connectivity index (χ4n) is 2.16. The molecule has 0 aliphatic carbocycles. The van der Waals surface area contributed by atoms with Crippen LogP contribution in [0.1, 0.15) is 5.56 Å². The fourth-order valence-corrected chi connectivity index (χ4v) is 2.16. The highest BCUT2D eigenvalue weighted by Crippen LogP contribution is 2.30. The van der Waals surface area contributed by atoms with Gasteiger partial charge in [-0.15, -0.1) is 6.58 Å². The van der Waals surface area contributed by atoms with Gasteiger partial charge in [-0.25, -0.2) is 0 Å². The highest BCUT2D eigenvalue weighted by Gasteiger charge is 2.14. The highest BCUT2D eigenvalue weighted by atomic mass is 15.1. The minimum Gasteiger partial charge on any atom is -0.337 e. The number of anilines is 1. The minimum absolute atomic E-state index is 0.0853. The van der Waals surface area contributed by atoms with E-state index in [9.17, 15) is 0 Å². The molecule has 3 heteroatoms. The first-order valence-corrected chi connectivity index (χ1v) is 6.84. The summed E-state index contributed by atoms with van der Waals surface area (Å²) in [5.74, 6) is 0. The van der Waals surface area contributed by atoms with E-state index in [1.165, 1.54) is 11.6 Å².